The Morgan fingerprint density at radius 3 is 2.61 bits per heavy atom. The van der Waals surface area contributed by atoms with Crippen molar-refractivity contribution in [3.05, 3.63) is 86.3 Å². The van der Waals surface area contributed by atoms with Gasteiger partial charge in [-0.1, -0.05) is 11.6 Å². The van der Waals surface area contributed by atoms with E-state index in [9.17, 15) is 18.4 Å². The molecule has 0 unspecified atom stereocenters. The number of hydrogen-bond donors (Lipinski definition) is 1. The molecule has 5 rings (SSSR count). The van der Waals surface area contributed by atoms with Crippen molar-refractivity contribution < 1.29 is 18.3 Å². The Labute approximate surface area is 218 Å². The van der Waals surface area contributed by atoms with E-state index >= 15 is 0 Å². The third-order valence-electron chi connectivity index (χ3n) is 5.86. The lowest BCUT2D eigenvalue weighted by atomic mass is 10.2. The van der Waals surface area contributed by atoms with E-state index in [-0.39, 0.29) is 45.0 Å². The summed E-state index contributed by atoms with van der Waals surface area (Å²) in [6, 6.07) is 7.41. The molecule has 196 valence electrons. The van der Waals surface area contributed by atoms with Gasteiger partial charge in [-0.3, -0.25) is 13.8 Å². The molecule has 5 aromatic rings. The number of aromatic nitrogens is 5. The van der Waals surface area contributed by atoms with Crippen LogP contribution >= 0.6 is 11.6 Å². The van der Waals surface area contributed by atoms with Crippen molar-refractivity contribution in [3.63, 3.8) is 0 Å². The van der Waals surface area contributed by atoms with E-state index in [1.54, 1.807) is 7.11 Å². The average molecular weight is 543 g/mol. The number of nitrogens with one attached hydrogen (secondary N) is 1. The van der Waals surface area contributed by atoms with Gasteiger partial charge in [0.25, 0.3) is 5.56 Å². The summed E-state index contributed by atoms with van der Waals surface area (Å²) in [5.41, 5.74) is -1.05. The molecule has 0 aliphatic carbocycles. The second kappa shape index (κ2) is 9.88. The molecule has 13 heteroatoms. The number of fused-ring (bicyclic) bond motifs is 2. The van der Waals surface area contributed by atoms with Crippen molar-refractivity contribution in [1.82, 2.24) is 23.5 Å². The summed E-state index contributed by atoms with van der Waals surface area (Å²) >= 11 is 6.05. The zero-order chi connectivity index (χ0) is 27.1. The minimum absolute atomic E-state index is 0.0328. The summed E-state index contributed by atoms with van der Waals surface area (Å²) in [6.07, 6.45) is 2.62. The lowest BCUT2D eigenvalue weighted by Gasteiger charge is -2.18. The molecule has 0 spiro atoms. The molecular formula is C25H21ClF2N6O4. The summed E-state index contributed by atoms with van der Waals surface area (Å²) in [4.78, 5) is 36.4. The summed E-state index contributed by atoms with van der Waals surface area (Å²) in [5.74, 6) is -0.915. The monoisotopic (exact) mass is 542 g/mol. The second-order valence-electron chi connectivity index (χ2n) is 8.46. The van der Waals surface area contributed by atoms with Gasteiger partial charge in [0.15, 0.2) is 0 Å². The van der Waals surface area contributed by atoms with Gasteiger partial charge in [-0.15, -0.1) is 0 Å². The van der Waals surface area contributed by atoms with Crippen LogP contribution in [0.2, 0.25) is 5.02 Å². The van der Waals surface area contributed by atoms with Gasteiger partial charge in [-0.05, 0) is 31.2 Å². The highest BCUT2D eigenvalue weighted by molar-refractivity contribution is 6.30. The number of rotatable bonds is 7. The third-order valence-corrected chi connectivity index (χ3v) is 6.15. The summed E-state index contributed by atoms with van der Waals surface area (Å²) < 4.78 is 41.9. The van der Waals surface area contributed by atoms with Crippen LogP contribution in [0.4, 0.5) is 14.6 Å². The predicted molar refractivity (Wildman–Crippen MR) is 138 cm³/mol. The van der Waals surface area contributed by atoms with E-state index in [0.29, 0.717) is 12.4 Å². The second-order valence-corrected chi connectivity index (χ2v) is 8.87. The Balaban J connectivity index is 1.90. The first-order valence-electron chi connectivity index (χ1n) is 11.3. The molecule has 0 aliphatic rings. The Morgan fingerprint density at radius 1 is 1.11 bits per heavy atom. The van der Waals surface area contributed by atoms with Gasteiger partial charge in [0.05, 0.1) is 36.1 Å². The van der Waals surface area contributed by atoms with Crippen molar-refractivity contribution in [2.24, 2.45) is 0 Å². The number of halogens is 3. The van der Waals surface area contributed by atoms with Crippen molar-refractivity contribution in [1.29, 1.82) is 0 Å². The van der Waals surface area contributed by atoms with E-state index < -0.39 is 22.9 Å². The molecule has 0 radical (unpaired) electrons. The molecule has 1 aromatic carbocycles. The fourth-order valence-electron chi connectivity index (χ4n) is 4.24. The highest BCUT2D eigenvalue weighted by Crippen LogP contribution is 2.27. The summed E-state index contributed by atoms with van der Waals surface area (Å²) in [6.45, 7) is 2.22. The fraction of sp³-hybridized carbons (Fsp3) is 0.200. The molecule has 10 nitrogen and oxygen atoms in total. The Kier molecular flexibility index (Phi) is 6.59. The van der Waals surface area contributed by atoms with E-state index in [1.807, 2.05) is 6.92 Å². The van der Waals surface area contributed by atoms with Crippen LogP contribution in [0.5, 0.6) is 5.88 Å². The van der Waals surface area contributed by atoms with Crippen molar-refractivity contribution in [2.75, 3.05) is 26.1 Å². The number of benzene rings is 1. The molecule has 4 aromatic heterocycles. The normalized spacial score (nSPS) is 12.3. The van der Waals surface area contributed by atoms with Crippen LogP contribution in [0.15, 0.2) is 58.4 Å². The standard InChI is InChI=1S/C25H21ClF2N6O4/c1-13(12-37-2)30-19-10-18-22(23(31-19)38-3)24(35)34(21-11-29-20-8-14(27)6-7-32(20)21)25(36)33(18)15-4-5-17(28)16(26)9-15/h4-11,13H,12H2,1-3H3,(H,30,31)/t13-/m1/s1. The van der Waals surface area contributed by atoms with Gasteiger partial charge >= 0.3 is 5.69 Å². The van der Waals surface area contributed by atoms with Gasteiger partial charge < -0.3 is 14.8 Å². The molecule has 1 N–H and O–H groups in total. The smallest absolute Gasteiger partial charge is 0.342 e. The number of imidazole rings is 1. The molecule has 0 amide bonds. The van der Waals surface area contributed by atoms with E-state index in [2.05, 4.69) is 15.3 Å². The van der Waals surface area contributed by atoms with E-state index in [4.69, 9.17) is 21.1 Å². The van der Waals surface area contributed by atoms with Gasteiger partial charge in [-0.25, -0.2) is 23.1 Å². The molecule has 0 saturated carbocycles. The largest absolute Gasteiger partial charge is 0.480 e. The topological polar surface area (TPSA) is 105 Å². The number of nitrogens with zero attached hydrogens (tertiary/aromatic N) is 5. The molecule has 0 fully saturated rings. The highest BCUT2D eigenvalue weighted by atomic mass is 35.5. The summed E-state index contributed by atoms with van der Waals surface area (Å²) in [7, 11) is 2.90. The van der Waals surface area contributed by atoms with Crippen LogP contribution in [-0.4, -0.2) is 50.4 Å². The van der Waals surface area contributed by atoms with Gasteiger partial charge in [0, 0.05) is 31.5 Å². The predicted octanol–water partition coefficient (Wildman–Crippen LogP) is 3.57. The number of ether oxygens (including phenoxy) is 2. The average Bonchev–Trinajstić information content (AvgIpc) is 3.28. The zero-order valence-corrected chi connectivity index (χ0v) is 21.2. The maximum absolute atomic E-state index is 14.0. The fourth-order valence-corrected chi connectivity index (χ4v) is 4.41. The Bertz CT molecular complexity index is 1820. The minimum Gasteiger partial charge on any atom is -0.480 e. The number of methoxy groups -OCH3 is 2. The first-order chi connectivity index (χ1) is 18.2. The third kappa shape index (κ3) is 4.27. The molecule has 0 saturated heterocycles. The number of pyridine rings is 2. The maximum Gasteiger partial charge on any atom is 0.342 e. The lowest BCUT2D eigenvalue weighted by molar-refractivity contribution is 0.190. The minimum atomic E-state index is -0.805. The van der Waals surface area contributed by atoms with Gasteiger partial charge in [-0.2, -0.15) is 4.98 Å². The Hall–Kier alpha value is -4.29. The zero-order valence-electron chi connectivity index (χ0n) is 20.4. The molecule has 1 atom stereocenters. The van der Waals surface area contributed by atoms with Crippen LogP contribution in [0.25, 0.3) is 28.1 Å². The van der Waals surface area contributed by atoms with Crippen molar-refractivity contribution in [2.45, 2.75) is 13.0 Å². The van der Waals surface area contributed by atoms with Crippen LogP contribution in [0.1, 0.15) is 6.92 Å². The summed E-state index contributed by atoms with van der Waals surface area (Å²) in [5, 5.41) is 2.89. The molecule has 38 heavy (non-hydrogen) atoms. The van der Waals surface area contributed by atoms with Crippen molar-refractivity contribution >= 4 is 34.0 Å². The van der Waals surface area contributed by atoms with E-state index in [0.717, 1.165) is 16.7 Å². The van der Waals surface area contributed by atoms with Crippen LogP contribution in [0, 0.1) is 11.6 Å². The van der Waals surface area contributed by atoms with Crippen LogP contribution < -0.4 is 21.3 Å². The molecule has 0 bridgehead atoms. The first kappa shape index (κ1) is 25.4. The molecule has 4 heterocycles. The van der Waals surface area contributed by atoms with Crippen LogP contribution in [-0.2, 0) is 4.74 Å². The lowest BCUT2D eigenvalue weighted by Crippen LogP contribution is -2.39. The van der Waals surface area contributed by atoms with Crippen molar-refractivity contribution in [3.8, 4) is 17.4 Å². The first-order valence-corrected chi connectivity index (χ1v) is 11.7. The van der Waals surface area contributed by atoms with Crippen LogP contribution in [0.3, 0.4) is 0 Å². The quantitative estimate of drug-likeness (QED) is 0.335. The maximum atomic E-state index is 14.0. The van der Waals surface area contributed by atoms with Gasteiger partial charge in [0.1, 0.15) is 34.3 Å². The van der Waals surface area contributed by atoms with Gasteiger partial charge in [0.2, 0.25) is 5.88 Å². The highest BCUT2D eigenvalue weighted by Gasteiger charge is 2.23. The molecular weight excluding hydrogens is 522 g/mol. The number of hydrogen-bond acceptors (Lipinski definition) is 7. The number of anilines is 1. The molecule has 0 aliphatic heterocycles. The van der Waals surface area contributed by atoms with E-state index in [1.165, 1.54) is 52.7 Å². The Morgan fingerprint density at radius 2 is 1.89 bits per heavy atom. The SMILES string of the molecule is COC[C@@H](C)Nc1cc2c(c(OC)n1)c(=O)n(-c1cnc3cc(F)ccn13)c(=O)n2-c1ccc(F)c(Cl)c1.